The van der Waals surface area contributed by atoms with Gasteiger partial charge in [0, 0.05) is 36.6 Å². The van der Waals surface area contributed by atoms with Gasteiger partial charge in [0.2, 0.25) is 15.9 Å². The molecule has 0 saturated heterocycles. The van der Waals surface area contributed by atoms with E-state index in [-0.39, 0.29) is 22.1 Å². The lowest BCUT2D eigenvalue weighted by Crippen LogP contribution is -2.36. The highest BCUT2D eigenvalue weighted by molar-refractivity contribution is 7.89. The van der Waals surface area contributed by atoms with Crippen molar-refractivity contribution in [2.45, 2.75) is 48.6 Å². The van der Waals surface area contributed by atoms with Gasteiger partial charge >= 0.3 is 0 Å². The molecule has 0 spiro atoms. The van der Waals surface area contributed by atoms with Gasteiger partial charge in [0.25, 0.3) is 0 Å². The molecule has 4 aromatic rings. The van der Waals surface area contributed by atoms with Gasteiger partial charge in [-0.3, -0.25) is 4.79 Å². The first-order valence-corrected chi connectivity index (χ1v) is 15.5. The number of nitrogens with zero attached hydrogens (tertiary/aromatic N) is 3. The lowest BCUT2D eigenvalue weighted by Gasteiger charge is -2.30. The molecule has 7 rings (SSSR count). The van der Waals surface area contributed by atoms with Crippen molar-refractivity contribution in [3.05, 3.63) is 114 Å². The minimum absolute atomic E-state index is 0.0212. The first-order valence-electron chi connectivity index (χ1n) is 14.0. The zero-order valence-electron chi connectivity index (χ0n) is 22.7. The van der Waals surface area contributed by atoms with Crippen LogP contribution in [0.15, 0.2) is 90.1 Å². The maximum atomic E-state index is 14.2. The maximum absolute atomic E-state index is 14.2. The fourth-order valence-corrected chi connectivity index (χ4v) is 7.91. The summed E-state index contributed by atoms with van der Waals surface area (Å²) >= 11 is 0. The maximum Gasteiger partial charge on any atom is 0.241 e. The second-order valence-electron chi connectivity index (χ2n) is 11.5. The molecule has 3 aliphatic carbocycles. The first-order chi connectivity index (χ1) is 19.8. The Morgan fingerprint density at radius 3 is 2.61 bits per heavy atom. The summed E-state index contributed by atoms with van der Waals surface area (Å²) in [5.41, 5.74) is 3.82. The van der Waals surface area contributed by atoms with E-state index in [1.54, 1.807) is 6.20 Å². The second kappa shape index (κ2) is 9.63. The van der Waals surface area contributed by atoms with Crippen molar-refractivity contribution in [2.75, 3.05) is 4.90 Å². The summed E-state index contributed by atoms with van der Waals surface area (Å²) in [5.74, 6) is 0.639. The van der Waals surface area contributed by atoms with Crippen LogP contribution >= 0.6 is 0 Å². The van der Waals surface area contributed by atoms with Crippen molar-refractivity contribution < 1.29 is 17.6 Å². The number of nitrogens with one attached hydrogen (secondary N) is 1. The van der Waals surface area contributed by atoms with Crippen LogP contribution in [0.5, 0.6) is 0 Å². The summed E-state index contributed by atoms with van der Waals surface area (Å²) in [6.07, 6.45) is 6.92. The van der Waals surface area contributed by atoms with Gasteiger partial charge in [-0.1, -0.05) is 36.4 Å². The summed E-state index contributed by atoms with van der Waals surface area (Å²) in [6, 6.07) is 20.6. The standard InChI is InChI=1S/C32H31FN4O3S/c1-36-17-16-34-29(36)20-37(31(38)30-27-19-32(27,30)22-7-3-2-4-8-22)24-13-10-21-6-5-9-28(26(21)18-24)35-41(39,40)25-14-11-23(33)12-15-25/h2-4,7-8,10-18,27-28,30,35H,5-6,9,19-20H2,1H3/t27?,28-,30+,32-/m1/s1. The molecule has 2 saturated carbocycles. The Morgan fingerprint density at radius 1 is 1.12 bits per heavy atom. The number of imidazole rings is 1. The molecule has 2 fully saturated rings. The summed E-state index contributed by atoms with van der Waals surface area (Å²) in [7, 11) is -1.95. The smallest absolute Gasteiger partial charge is 0.241 e. The van der Waals surface area contributed by atoms with Crippen LogP contribution in [0.4, 0.5) is 10.1 Å². The number of carbonyl (C=O) groups excluding carboxylic acids is 1. The van der Waals surface area contributed by atoms with E-state index in [0.717, 1.165) is 54.0 Å². The zero-order valence-corrected chi connectivity index (χ0v) is 23.5. The highest BCUT2D eigenvalue weighted by Gasteiger charge is 2.82. The predicted molar refractivity (Wildman–Crippen MR) is 153 cm³/mol. The minimum atomic E-state index is -3.87. The summed E-state index contributed by atoms with van der Waals surface area (Å²) in [6.45, 7) is 0.321. The molecule has 4 atom stereocenters. The van der Waals surface area contributed by atoms with Crippen LogP contribution < -0.4 is 9.62 Å². The highest BCUT2D eigenvalue weighted by atomic mass is 32.2. The average molecular weight is 571 g/mol. The molecule has 1 N–H and O–H groups in total. The van der Waals surface area contributed by atoms with E-state index in [1.165, 1.54) is 17.7 Å². The van der Waals surface area contributed by atoms with Gasteiger partial charge in [0.15, 0.2) is 0 Å². The Kier molecular flexibility index (Phi) is 6.13. The molecule has 9 heteroatoms. The summed E-state index contributed by atoms with van der Waals surface area (Å²) in [4.78, 5) is 20.5. The fourth-order valence-electron chi connectivity index (χ4n) is 6.66. The van der Waals surface area contributed by atoms with E-state index >= 15 is 0 Å². The topological polar surface area (TPSA) is 84.3 Å². The van der Waals surface area contributed by atoms with Gasteiger partial charge in [-0.25, -0.2) is 22.5 Å². The third kappa shape index (κ3) is 4.48. The normalized spacial score (nSPS) is 24.3. The molecule has 1 heterocycles. The Labute approximate surface area is 239 Å². The number of rotatable bonds is 8. The Morgan fingerprint density at radius 2 is 1.90 bits per heavy atom. The number of anilines is 1. The van der Waals surface area contributed by atoms with Crippen molar-refractivity contribution >= 4 is 21.6 Å². The molecular formula is C32H31FN4O3S. The van der Waals surface area contributed by atoms with Crippen LogP contribution in [-0.4, -0.2) is 23.9 Å². The second-order valence-corrected chi connectivity index (χ2v) is 13.2. The molecule has 0 bridgehead atoms. The quantitative estimate of drug-likeness (QED) is 0.322. The van der Waals surface area contributed by atoms with E-state index < -0.39 is 21.9 Å². The van der Waals surface area contributed by atoms with Crippen molar-refractivity contribution in [1.82, 2.24) is 14.3 Å². The molecule has 1 amide bonds. The molecule has 7 nitrogen and oxygen atoms in total. The van der Waals surface area contributed by atoms with Crippen LogP contribution in [-0.2, 0) is 40.2 Å². The van der Waals surface area contributed by atoms with Crippen LogP contribution in [0.1, 0.15) is 47.8 Å². The predicted octanol–water partition coefficient (Wildman–Crippen LogP) is 5.04. The average Bonchev–Trinajstić information content (AvgIpc) is 3.81. The van der Waals surface area contributed by atoms with Crippen LogP contribution in [0.25, 0.3) is 0 Å². The molecule has 0 aliphatic heterocycles. The Hall–Kier alpha value is -3.82. The van der Waals surface area contributed by atoms with E-state index in [4.69, 9.17) is 0 Å². The van der Waals surface area contributed by atoms with E-state index in [9.17, 15) is 17.6 Å². The molecule has 0 radical (unpaired) electrons. The SMILES string of the molecule is Cn1ccnc1CN(C(=O)[C@@H]1C2C[C@@]21c1ccccc1)c1ccc2c(c1)[C@H](NS(=O)(=O)c1ccc(F)cc1)CCC2. The Bertz CT molecular complexity index is 1740. The summed E-state index contributed by atoms with van der Waals surface area (Å²) < 4.78 is 44.6. The monoisotopic (exact) mass is 570 g/mol. The first kappa shape index (κ1) is 26.1. The minimum Gasteiger partial charge on any atom is -0.337 e. The van der Waals surface area contributed by atoms with E-state index in [2.05, 4.69) is 21.8 Å². The fraction of sp³-hybridized carbons (Fsp3) is 0.312. The number of hydrogen-bond donors (Lipinski definition) is 1. The van der Waals surface area contributed by atoms with Crippen molar-refractivity contribution in [2.24, 2.45) is 18.9 Å². The molecular weight excluding hydrogens is 539 g/mol. The lowest BCUT2D eigenvalue weighted by atomic mass is 9.87. The Balaban J connectivity index is 1.21. The van der Waals surface area contributed by atoms with Crippen LogP contribution in [0, 0.1) is 17.7 Å². The van der Waals surface area contributed by atoms with Gasteiger partial charge in [-0.05, 0) is 84.7 Å². The molecule has 1 unspecified atom stereocenters. The number of amides is 1. The molecule has 3 aromatic carbocycles. The highest BCUT2D eigenvalue weighted by Crippen LogP contribution is 2.80. The van der Waals surface area contributed by atoms with Gasteiger partial charge < -0.3 is 9.47 Å². The van der Waals surface area contributed by atoms with Gasteiger partial charge in [-0.2, -0.15) is 0 Å². The largest absolute Gasteiger partial charge is 0.337 e. The third-order valence-electron chi connectivity index (χ3n) is 9.15. The molecule has 3 aliphatic rings. The van der Waals surface area contributed by atoms with Crippen molar-refractivity contribution in [3.8, 4) is 0 Å². The van der Waals surface area contributed by atoms with Gasteiger partial charge in [0.1, 0.15) is 11.6 Å². The van der Waals surface area contributed by atoms with Gasteiger partial charge in [-0.15, -0.1) is 0 Å². The molecule has 41 heavy (non-hydrogen) atoms. The number of halogens is 1. The molecule has 1 aromatic heterocycles. The van der Waals surface area contributed by atoms with E-state index in [1.807, 2.05) is 59.1 Å². The summed E-state index contributed by atoms with van der Waals surface area (Å²) in [5, 5.41) is 0. The number of aromatic nitrogens is 2. The van der Waals surface area contributed by atoms with Crippen LogP contribution in [0.2, 0.25) is 0 Å². The lowest BCUT2D eigenvalue weighted by molar-refractivity contribution is -0.121. The zero-order chi connectivity index (χ0) is 28.4. The number of sulfonamides is 1. The van der Waals surface area contributed by atoms with Crippen molar-refractivity contribution in [1.29, 1.82) is 0 Å². The van der Waals surface area contributed by atoms with Crippen molar-refractivity contribution in [3.63, 3.8) is 0 Å². The van der Waals surface area contributed by atoms with Gasteiger partial charge in [0.05, 0.1) is 17.4 Å². The third-order valence-corrected chi connectivity index (χ3v) is 10.6. The number of fused-ring (bicyclic) bond motifs is 2. The molecule has 210 valence electrons. The van der Waals surface area contributed by atoms with E-state index in [0.29, 0.717) is 18.9 Å². The number of carbonyl (C=O) groups is 1. The number of benzene rings is 3. The van der Waals surface area contributed by atoms with Crippen LogP contribution in [0.3, 0.4) is 0 Å². The number of hydrogen-bond acceptors (Lipinski definition) is 4. The number of aryl methyl sites for hydroxylation is 2.